The van der Waals surface area contributed by atoms with Gasteiger partial charge >= 0.3 is 6.16 Å². The second-order valence-electron chi connectivity index (χ2n) is 15.9. The third kappa shape index (κ3) is 7.09. The van der Waals surface area contributed by atoms with Crippen LogP contribution in [0.25, 0.3) is 22.3 Å². The summed E-state index contributed by atoms with van der Waals surface area (Å²) in [7, 11) is 0. The van der Waals surface area contributed by atoms with Crippen molar-refractivity contribution in [3.8, 4) is 33.8 Å². The van der Waals surface area contributed by atoms with E-state index in [4.69, 9.17) is 9.47 Å². The summed E-state index contributed by atoms with van der Waals surface area (Å²) in [4.78, 5) is 13.5. The van der Waals surface area contributed by atoms with Crippen LogP contribution in [0.3, 0.4) is 0 Å². The van der Waals surface area contributed by atoms with Gasteiger partial charge in [-0.1, -0.05) is 156 Å². The van der Waals surface area contributed by atoms with Crippen LogP contribution in [0.1, 0.15) is 105 Å². The average molecular weight is 591 g/mol. The molecule has 0 unspecified atom stereocenters. The number of para-hydroxylation sites is 2. The number of carbonyl (C=O) groups is 1. The lowest BCUT2D eigenvalue weighted by atomic mass is 9.72. The van der Waals surface area contributed by atoms with Gasteiger partial charge in [0.1, 0.15) is 11.5 Å². The highest BCUT2D eigenvalue weighted by atomic mass is 16.7. The Morgan fingerprint density at radius 1 is 0.409 bits per heavy atom. The number of hydrogen-bond acceptors (Lipinski definition) is 3. The first-order chi connectivity index (χ1) is 20.3. The van der Waals surface area contributed by atoms with Crippen LogP contribution >= 0.6 is 0 Å². The van der Waals surface area contributed by atoms with Gasteiger partial charge in [-0.2, -0.15) is 0 Å². The Balaban J connectivity index is 1.76. The minimum absolute atomic E-state index is 0.0483. The second-order valence-corrected chi connectivity index (χ2v) is 15.9. The van der Waals surface area contributed by atoms with Crippen molar-refractivity contribution < 1.29 is 14.3 Å². The number of hydrogen-bond donors (Lipinski definition) is 0. The molecule has 0 heterocycles. The minimum Gasteiger partial charge on any atom is -0.394 e. The van der Waals surface area contributed by atoms with Gasteiger partial charge in [0.25, 0.3) is 0 Å². The molecule has 0 fully saturated rings. The SMILES string of the molecule is CC(C)(C)c1cccc(-c2ccccc2OC(=O)Oc2ccccc2-c2cccc(C(C)(C)C)c2C(C)(C)C)c1C(C)(C)C. The van der Waals surface area contributed by atoms with Crippen LogP contribution in [-0.2, 0) is 21.7 Å². The molecule has 44 heavy (non-hydrogen) atoms. The summed E-state index contributed by atoms with van der Waals surface area (Å²) in [5.74, 6) is 0.938. The van der Waals surface area contributed by atoms with Gasteiger partial charge < -0.3 is 9.47 Å². The molecule has 4 aromatic carbocycles. The molecular formula is C41H50O3. The van der Waals surface area contributed by atoms with Crippen molar-refractivity contribution in [2.75, 3.05) is 0 Å². The summed E-state index contributed by atoms with van der Waals surface area (Å²) >= 11 is 0. The third-order valence-electron chi connectivity index (χ3n) is 7.99. The van der Waals surface area contributed by atoms with E-state index < -0.39 is 6.16 Å². The molecule has 0 bridgehead atoms. The Kier molecular flexibility index (Phi) is 8.95. The second kappa shape index (κ2) is 11.9. The van der Waals surface area contributed by atoms with Crippen molar-refractivity contribution >= 4 is 6.16 Å². The Labute approximate surface area is 265 Å². The van der Waals surface area contributed by atoms with Crippen LogP contribution < -0.4 is 9.47 Å². The Morgan fingerprint density at radius 3 is 1.05 bits per heavy atom. The maximum absolute atomic E-state index is 13.5. The normalized spacial score (nSPS) is 12.6. The van der Waals surface area contributed by atoms with Gasteiger partial charge in [0.05, 0.1) is 0 Å². The van der Waals surface area contributed by atoms with Gasteiger partial charge in [0, 0.05) is 11.1 Å². The summed E-state index contributed by atoms with van der Waals surface area (Å²) in [5, 5.41) is 0. The first-order valence-electron chi connectivity index (χ1n) is 15.7. The van der Waals surface area contributed by atoms with Gasteiger partial charge in [-0.3, -0.25) is 0 Å². The van der Waals surface area contributed by atoms with Gasteiger partial charge in [0.2, 0.25) is 0 Å². The van der Waals surface area contributed by atoms with E-state index in [1.165, 1.54) is 22.3 Å². The summed E-state index contributed by atoms with van der Waals surface area (Å²) in [6.07, 6.45) is -0.765. The number of rotatable bonds is 4. The van der Waals surface area contributed by atoms with Crippen LogP contribution in [0.5, 0.6) is 11.5 Å². The molecule has 3 heteroatoms. The highest BCUT2D eigenvalue weighted by molar-refractivity contribution is 5.82. The molecule has 0 aliphatic heterocycles. The largest absolute Gasteiger partial charge is 0.519 e. The van der Waals surface area contributed by atoms with E-state index >= 15 is 0 Å². The Morgan fingerprint density at radius 2 is 0.727 bits per heavy atom. The van der Waals surface area contributed by atoms with E-state index in [0.29, 0.717) is 11.5 Å². The molecule has 4 aromatic rings. The van der Waals surface area contributed by atoms with Crippen LogP contribution in [0.2, 0.25) is 0 Å². The summed E-state index contributed by atoms with van der Waals surface area (Å²) in [5.41, 5.74) is 8.54. The van der Waals surface area contributed by atoms with Crippen molar-refractivity contribution in [3.63, 3.8) is 0 Å². The maximum atomic E-state index is 13.5. The highest BCUT2D eigenvalue weighted by Crippen LogP contribution is 2.45. The quantitative estimate of drug-likeness (QED) is 0.175. The van der Waals surface area contributed by atoms with E-state index in [1.807, 2.05) is 48.5 Å². The molecule has 0 N–H and O–H groups in total. The van der Waals surface area contributed by atoms with Crippen molar-refractivity contribution in [1.29, 1.82) is 0 Å². The number of carbonyl (C=O) groups excluding carboxylic acids is 1. The fraction of sp³-hybridized carbons (Fsp3) is 0.390. The molecule has 232 valence electrons. The summed E-state index contributed by atoms with van der Waals surface area (Å²) in [6, 6.07) is 28.3. The standard InChI is InChI=1S/C41H50O3/c1-38(2,3)31-23-17-21-29(35(31)40(7,8)9)27-19-13-15-25-33(27)43-37(42)44-34-26-16-14-20-28(34)30-22-18-24-32(39(4,5)6)36(30)41(10,11)12/h13-26H,1-12H3. The van der Waals surface area contributed by atoms with Crippen molar-refractivity contribution in [1.82, 2.24) is 0 Å². The fourth-order valence-corrected chi connectivity index (χ4v) is 6.18. The predicted octanol–water partition coefficient (Wildman–Crippen LogP) is 11.8. The lowest BCUT2D eigenvalue weighted by Crippen LogP contribution is -2.23. The van der Waals surface area contributed by atoms with Crippen LogP contribution in [0.15, 0.2) is 84.9 Å². The predicted molar refractivity (Wildman–Crippen MR) is 185 cm³/mol. The van der Waals surface area contributed by atoms with E-state index in [1.54, 1.807) is 0 Å². The number of ether oxygens (including phenoxy) is 2. The van der Waals surface area contributed by atoms with Crippen molar-refractivity contribution in [3.05, 3.63) is 107 Å². The van der Waals surface area contributed by atoms with Gasteiger partial charge in [-0.15, -0.1) is 0 Å². The average Bonchev–Trinajstić information content (AvgIpc) is 2.91. The van der Waals surface area contributed by atoms with Gasteiger partial charge in [-0.25, -0.2) is 4.79 Å². The molecule has 0 aromatic heterocycles. The first-order valence-corrected chi connectivity index (χ1v) is 15.7. The lowest BCUT2D eigenvalue weighted by Gasteiger charge is -2.33. The molecule has 3 nitrogen and oxygen atoms in total. The van der Waals surface area contributed by atoms with E-state index in [-0.39, 0.29) is 21.7 Å². The van der Waals surface area contributed by atoms with Crippen LogP contribution in [0, 0.1) is 0 Å². The van der Waals surface area contributed by atoms with E-state index in [9.17, 15) is 4.79 Å². The number of benzene rings is 4. The zero-order valence-corrected chi connectivity index (χ0v) is 28.8. The lowest BCUT2D eigenvalue weighted by molar-refractivity contribution is 0.152. The molecular weight excluding hydrogens is 540 g/mol. The topological polar surface area (TPSA) is 35.5 Å². The Bertz CT molecular complexity index is 1520. The van der Waals surface area contributed by atoms with Crippen LogP contribution in [0.4, 0.5) is 4.79 Å². The van der Waals surface area contributed by atoms with Crippen LogP contribution in [-0.4, -0.2) is 6.16 Å². The highest BCUT2D eigenvalue weighted by Gasteiger charge is 2.31. The van der Waals surface area contributed by atoms with E-state index in [2.05, 4.69) is 119 Å². The molecule has 0 radical (unpaired) electrons. The molecule has 0 saturated carbocycles. The zero-order chi connectivity index (χ0) is 32.7. The van der Waals surface area contributed by atoms with Gasteiger partial charge in [0.15, 0.2) is 0 Å². The van der Waals surface area contributed by atoms with Gasteiger partial charge in [-0.05, 0) is 67.2 Å². The first kappa shape index (κ1) is 33.1. The molecule has 4 rings (SSSR count). The monoisotopic (exact) mass is 590 g/mol. The molecule has 0 saturated heterocycles. The molecule has 0 amide bonds. The van der Waals surface area contributed by atoms with Crippen molar-refractivity contribution in [2.24, 2.45) is 0 Å². The zero-order valence-electron chi connectivity index (χ0n) is 28.8. The molecule has 0 aliphatic rings. The smallest absolute Gasteiger partial charge is 0.394 e. The molecule has 0 atom stereocenters. The molecule has 0 spiro atoms. The summed E-state index contributed by atoms with van der Waals surface area (Å²) in [6.45, 7) is 26.8. The third-order valence-corrected chi connectivity index (χ3v) is 7.99. The summed E-state index contributed by atoms with van der Waals surface area (Å²) < 4.78 is 12.0. The maximum Gasteiger partial charge on any atom is 0.519 e. The molecule has 0 aliphatic carbocycles. The van der Waals surface area contributed by atoms with E-state index in [0.717, 1.165) is 22.3 Å². The van der Waals surface area contributed by atoms with Crippen molar-refractivity contribution in [2.45, 2.75) is 105 Å². The minimum atomic E-state index is -0.765. The fourth-order valence-electron chi connectivity index (χ4n) is 6.18. The Hall–Kier alpha value is -3.85.